The van der Waals surface area contributed by atoms with Gasteiger partial charge in [0, 0.05) is 0 Å². The van der Waals surface area contributed by atoms with Crippen LogP contribution in [-0.2, 0) is 6.18 Å². The molecule has 114 valence electrons. The third-order valence-electron chi connectivity index (χ3n) is 2.86. The summed E-state index contributed by atoms with van der Waals surface area (Å²) in [5.41, 5.74) is 0.849. The molecule has 0 bridgehead atoms. The maximum atomic E-state index is 13.3. The normalized spacial score (nSPS) is 12.4. The summed E-state index contributed by atoms with van der Waals surface area (Å²) in [7, 11) is 0. The van der Waals surface area contributed by atoms with Crippen molar-refractivity contribution in [2.24, 2.45) is 10.2 Å². The van der Waals surface area contributed by atoms with Crippen LogP contribution < -0.4 is 0 Å². The van der Waals surface area contributed by atoms with Crippen LogP contribution in [0.25, 0.3) is 0 Å². The summed E-state index contributed by atoms with van der Waals surface area (Å²) in [6, 6.07) is 10.1. The summed E-state index contributed by atoms with van der Waals surface area (Å²) in [6.45, 7) is 1.96. The van der Waals surface area contributed by atoms with E-state index in [1.165, 1.54) is 12.4 Å². The second-order valence-corrected chi connectivity index (χ2v) is 4.64. The van der Waals surface area contributed by atoms with E-state index in [4.69, 9.17) is 0 Å². The second kappa shape index (κ2) is 6.51. The van der Waals surface area contributed by atoms with Gasteiger partial charge in [-0.25, -0.2) is 4.39 Å². The smallest absolute Gasteiger partial charge is 0.206 e. The standard InChI is InChI=1S/C16H12F4N2/c1-11-2-4-12(5-3-11)9-21-22-10-13-6-7-14(15(17)8-13)16(18,19)20/h2-10H,1H3. The molecule has 2 aromatic rings. The Morgan fingerprint density at radius 1 is 0.864 bits per heavy atom. The summed E-state index contributed by atoms with van der Waals surface area (Å²) >= 11 is 0. The molecule has 0 spiro atoms. The molecule has 0 aliphatic heterocycles. The van der Waals surface area contributed by atoms with Gasteiger partial charge in [0.2, 0.25) is 0 Å². The van der Waals surface area contributed by atoms with Gasteiger partial charge in [0.05, 0.1) is 18.0 Å². The molecule has 0 atom stereocenters. The lowest BCUT2D eigenvalue weighted by Gasteiger charge is -2.07. The molecule has 2 rings (SSSR count). The molecule has 0 aliphatic rings. The molecule has 2 nitrogen and oxygen atoms in total. The summed E-state index contributed by atoms with van der Waals surface area (Å²) in [4.78, 5) is 0. The molecule has 0 fully saturated rings. The summed E-state index contributed by atoms with van der Waals surface area (Å²) in [5, 5.41) is 7.46. The molecule has 0 radical (unpaired) electrons. The molecular formula is C16H12F4N2. The average molecular weight is 308 g/mol. The van der Waals surface area contributed by atoms with Gasteiger partial charge in [-0.3, -0.25) is 0 Å². The Morgan fingerprint density at radius 2 is 1.41 bits per heavy atom. The number of rotatable bonds is 3. The van der Waals surface area contributed by atoms with Gasteiger partial charge >= 0.3 is 6.18 Å². The van der Waals surface area contributed by atoms with Gasteiger partial charge in [-0.15, -0.1) is 0 Å². The number of hydrogen-bond acceptors (Lipinski definition) is 2. The van der Waals surface area contributed by atoms with Crippen molar-refractivity contribution in [3.05, 3.63) is 70.5 Å². The van der Waals surface area contributed by atoms with Crippen molar-refractivity contribution in [3.8, 4) is 0 Å². The number of hydrogen-bond donors (Lipinski definition) is 0. The first-order valence-corrected chi connectivity index (χ1v) is 6.36. The Kier molecular flexibility index (Phi) is 4.70. The summed E-state index contributed by atoms with van der Waals surface area (Å²) in [6.07, 6.45) is -2.02. The predicted octanol–water partition coefficient (Wildman–Crippen LogP) is 4.61. The quantitative estimate of drug-likeness (QED) is 0.449. The van der Waals surface area contributed by atoms with E-state index in [9.17, 15) is 17.6 Å². The molecule has 0 unspecified atom stereocenters. The van der Waals surface area contributed by atoms with E-state index >= 15 is 0 Å². The number of alkyl halides is 3. The minimum Gasteiger partial charge on any atom is -0.206 e. The fourth-order valence-electron chi connectivity index (χ4n) is 1.69. The lowest BCUT2D eigenvalue weighted by molar-refractivity contribution is -0.140. The summed E-state index contributed by atoms with van der Waals surface area (Å²) in [5.74, 6) is -1.33. The molecule has 0 saturated heterocycles. The van der Waals surface area contributed by atoms with Gasteiger partial charge in [-0.05, 0) is 30.2 Å². The van der Waals surface area contributed by atoms with Crippen molar-refractivity contribution in [2.75, 3.05) is 0 Å². The Morgan fingerprint density at radius 3 is 1.95 bits per heavy atom. The zero-order valence-corrected chi connectivity index (χ0v) is 11.6. The van der Waals surface area contributed by atoms with Crippen molar-refractivity contribution in [3.63, 3.8) is 0 Å². The molecular weight excluding hydrogens is 296 g/mol. The van der Waals surface area contributed by atoms with E-state index < -0.39 is 17.6 Å². The molecule has 0 N–H and O–H groups in total. The van der Waals surface area contributed by atoms with Crippen molar-refractivity contribution >= 4 is 12.4 Å². The van der Waals surface area contributed by atoms with Crippen molar-refractivity contribution in [1.82, 2.24) is 0 Å². The van der Waals surface area contributed by atoms with E-state index in [0.717, 1.165) is 23.3 Å². The molecule has 0 amide bonds. The number of nitrogens with zero attached hydrogens (tertiary/aromatic N) is 2. The molecule has 2 aromatic carbocycles. The maximum absolute atomic E-state index is 13.3. The molecule has 0 saturated carbocycles. The largest absolute Gasteiger partial charge is 0.419 e. The van der Waals surface area contributed by atoms with Crippen LogP contribution in [0.4, 0.5) is 17.6 Å². The number of aryl methyl sites for hydroxylation is 1. The van der Waals surface area contributed by atoms with Crippen LogP contribution in [0.1, 0.15) is 22.3 Å². The van der Waals surface area contributed by atoms with Crippen LogP contribution in [0, 0.1) is 12.7 Å². The zero-order valence-electron chi connectivity index (χ0n) is 11.6. The Bertz CT molecular complexity index is 701. The van der Waals surface area contributed by atoms with Crippen LogP contribution in [0.3, 0.4) is 0 Å². The Hall–Kier alpha value is -2.50. The van der Waals surface area contributed by atoms with Gasteiger partial charge in [-0.2, -0.15) is 23.4 Å². The highest BCUT2D eigenvalue weighted by molar-refractivity contribution is 5.82. The third kappa shape index (κ3) is 4.25. The molecule has 0 heterocycles. The average Bonchev–Trinajstić information content (AvgIpc) is 2.44. The minimum atomic E-state index is -4.71. The van der Waals surface area contributed by atoms with Crippen molar-refractivity contribution < 1.29 is 17.6 Å². The van der Waals surface area contributed by atoms with Gasteiger partial charge in [0.15, 0.2) is 0 Å². The molecule has 0 aliphatic carbocycles. The first-order valence-electron chi connectivity index (χ1n) is 6.36. The van der Waals surface area contributed by atoms with Gasteiger partial charge in [0.1, 0.15) is 5.82 Å². The predicted molar refractivity (Wildman–Crippen MR) is 77.8 cm³/mol. The van der Waals surface area contributed by atoms with Crippen LogP contribution in [-0.4, -0.2) is 12.4 Å². The third-order valence-corrected chi connectivity index (χ3v) is 2.86. The topological polar surface area (TPSA) is 24.7 Å². The molecule has 6 heteroatoms. The second-order valence-electron chi connectivity index (χ2n) is 4.64. The minimum absolute atomic E-state index is 0.201. The maximum Gasteiger partial charge on any atom is 0.419 e. The van der Waals surface area contributed by atoms with Crippen molar-refractivity contribution in [1.29, 1.82) is 0 Å². The van der Waals surface area contributed by atoms with E-state index in [0.29, 0.717) is 6.07 Å². The summed E-state index contributed by atoms with van der Waals surface area (Å²) < 4.78 is 50.6. The van der Waals surface area contributed by atoms with Gasteiger partial charge in [0.25, 0.3) is 0 Å². The molecule has 22 heavy (non-hydrogen) atoms. The van der Waals surface area contributed by atoms with E-state index in [1.54, 1.807) is 0 Å². The first kappa shape index (κ1) is 15.9. The highest BCUT2D eigenvalue weighted by Crippen LogP contribution is 2.31. The SMILES string of the molecule is Cc1ccc(C=NN=Cc2ccc(C(F)(F)F)c(F)c2)cc1. The monoisotopic (exact) mass is 308 g/mol. The zero-order chi connectivity index (χ0) is 16.2. The van der Waals surface area contributed by atoms with Gasteiger partial charge in [-0.1, -0.05) is 35.9 Å². The first-order chi connectivity index (χ1) is 10.4. The number of benzene rings is 2. The Labute approximate surface area is 124 Å². The van der Waals surface area contributed by atoms with Crippen LogP contribution in [0.2, 0.25) is 0 Å². The van der Waals surface area contributed by atoms with Crippen LogP contribution >= 0.6 is 0 Å². The van der Waals surface area contributed by atoms with E-state index in [1.807, 2.05) is 31.2 Å². The molecule has 0 aromatic heterocycles. The van der Waals surface area contributed by atoms with Crippen molar-refractivity contribution in [2.45, 2.75) is 13.1 Å². The van der Waals surface area contributed by atoms with Crippen LogP contribution in [0.15, 0.2) is 52.7 Å². The van der Waals surface area contributed by atoms with Gasteiger partial charge < -0.3 is 0 Å². The van der Waals surface area contributed by atoms with Crippen LogP contribution in [0.5, 0.6) is 0 Å². The van der Waals surface area contributed by atoms with E-state index in [-0.39, 0.29) is 5.56 Å². The fraction of sp³-hybridized carbons (Fsp3) is 0.125. The lowest BCUT2D eigenvalue weighted by atomic mass is 10.1. The Balaban J connectivity index is 2.07. The number of halogens is 4. The highest BCUT2D eigenvalue weighted by Gasteiger charge is 2.33. The fourth-order valence-corrected chi connectivity index (χ4v) is 1.69. The van der Waals surface area contributed by atoms with E-state index in [2.05, 4.69) is 10.2 Å². The highest BCUT2D eigenvalue weighted by atomic mass is 19.4. The lowest BCUT2D eigenvalue weighted by Crippen LogP contribution is -2.08.